The largest absolute Gasteiger partial charge is 0.417 e. The van der Waals surface area contributed by atoms with Crippen LogP contribution in [0.1, 0.15) is 16.8 Å². The van der Waals surface area contributed by atoms with Gasteiger partial charge in [0.25, 0.3) is 0 Å². The number of pyridine rings is 1. The molecule has 4 aromatic rings. The molecule has 0 atom stereocenters. The second-order valence-electron chi connectivity index (χ2n) is 7.03. The molecular weight excluding hydrogens is 419 g/mol. The minimum atomic E-state index is -4.57. The molecule has 0 N–H and O–H groups in total. The van der Waals surface area contributed by atoms with Crippen LogP contribution in [0.2, 0.25) is 0 Å². The summed E-state index contributed by atoms with van der Waals surface area (Å²) in [6, 6.07) is 8.82. The first-order chi connectivity index (χ1) is 15.4. The van der Waals surface area contributed by atoms with E-state index in [4.69, 9.17) is 0 Å². The quantitative estimate of drug-likeness (QED) is 0.447. The highest BCUT2D eigenvalue weighted by Crippen LogP contribution is 2.37. The second-order valence-corrected chi connectivity index (χ2v) is 7.03. The Morgan fingerprint density at radius 2 is 1.69 bits per heavy atom. The lowest BCUT2D eigenvalue weighted by Crippen LogP contribution is -2.11. The number of halogens is 3. The lowest BCUT2D eigenvalue weighted by Gasteiger charge is -2.14. The Kier molecular flexibility index (Phi) is 5.98. The fourth-order valence-electron chi connectivity index (χ4n) is 3.26. The first-order valence-corrected chi connectivity index (χ1v) is 9.60. The first-order valence-electron chi connectivity index (χ1n) is 9.60. The topological polar surface area (TPSA) is 81.5 Å². The molecule has 0 bridgehead atoms. The van der Waals surface area contributed by atoms with Crippen LogP contribution in [-0.2, 0) is 23.8 Å². The van der Waals surface area contributed by atoms with Crippen LogP contribution in [0.4, 0.5) is 13.2 Å². The fraction of sp³-hybridized carbons (Fsp3) is 0.130. The predicted octanol–water partition coefficient (Wildman–Crippen LogP) is 4.37. The number of hydrogen-bond acceptors (Lipinski definition) is 6. The predicted molar refractivity (Wildman–Crippen MR) is 110 cm³/mol. The summed E-state index contributed by atoms with van der Waals surface area (Å²) in [4.78, 5) is 24.9. The monoisotopic (exact) mass is 435 g/mol. The molecule has 3 heterocycles. The number of ketones is 1. The van der Waals surface area contributed by atoms with Gasteiger partial charge in [-0.2, -0.15) is 23.4 Å². The molecule has 6 nitrogen and oxygen atoms in total. The number of rotatable bonds is 6. The Hall–Kier alpha value is -4.01. The summed E-state index contributed by atoms with van der Waals surface area (Å²) < 4.78 is 40.9. The van der Waals surface area contributed by atoms with Crippen molar-refractivity contribution in [2.45, 2.75) is 19.0 Å². The van der Waals surface area contributed by atoms with Crippen LogP contribution in [0, 0.1) is 0 Å². The van der Waals surface area contributed by atoms with Gasteiger partial charge in [-0.05, 0) is 35.4 Å². The van der Waals surface area contributed by atoms with E-state index < -0.39 is 11.7 Å². The first kappa shape index (κ1) is 21.2. The lowest BCUT2D eigenvalue weighted by molar-refractivity contribution is -0.137. The van der Waals surface area contributed by atoms with Gasteiger partial charge in [0.15, 0.2) is 0 Å². The molecule has 0 radical (unpaired) electrons. The summed E-state index contributed by atoms with van der Waals surface area (Å²) >= 11 is 0. The number of benzene rings is 1. The summed E-state index contributed by atoms with van der Waals surface area (Å²) in [5.74, 6) is -0.240. The third-order valence-electron chi connectivity index (χ3n) is 4.75. The summed E-state index contributed by atoms with van der Waals surface area (Å²) in [7, 11) is 0. The summed E-state index contributed by atoms with van der Waals surface area (Å²) in [5.41, 5.74) is 1.69. The Morgan fingerprint density at radius 1 is 0.812 bits per heavy atom. The van der Waals surface area contributed by atoms with Crippen molar-refractivity contribution < 1.29 is 18.0 Å². The van der Waals surface area contributed by atoms with Gasteiger partial charge in [0.05, 0.1) is 29.8 Å². The van der Waals surface area contributed by atoms with Crippen molar-refractivity contribution in [2.24, 2.45) is 0 Å². The maximum Gasteiger partial charge on any atom is 0.417 e. The number of Topliss-reactive ketones (excluding diaryl/α,β-unsaturated/α-hetero) is 1. The van der Waals surface area contributed by atoms with Crippen molar-refractivity contribution in [1.29, 1.82) is 0 Å². The number of aromatic nitrogens is 5. The van der Waals surface area contributed by atoms with Crippen molar-refractivity contribution in [3.63, 3.8) is 0 Å². The standard InChI is InChI=1S/C23H16F3N5O/c24-23(25,26)21-10-15(1-4-20(21)16-5-6-30-31-13-16)9-19(32)11-18-3-2-17(12-29-18)22-14-27-7-8-28-22/h1-8,10,12-14H,9,11H2. The van der Waals surface area contributed by atoms with Crippen molar-refractivity contribution >= 4 is 5.78 Å². The van der Waals surface area contributed by atoms with Gasteiger partial charge in [-0.15, -0.1) is 0 Å². The summed E-state index contributed by atoms with van der Waals surface area (Å²) in [5, 5.41) is 7.24. The van der Waals surface area contributed by atoms with E-state index in [1.807, 2.05) is 0 Å². The molecule has 0 fully saturated rings. The Morgan fingerprint density at radius 3 is 2.34 bits per heavy atom. The molecule has 0 saturated heterocycles. The van der Waals surface area contributed by atoms with Crippen LogP contribution in [0.3, 0.4) is 0 Å². The molecule has 4 rings (SSSR count). The van der Waals surface area contributed by atoms with Gasteiger partial charge in [-0.3, -0.25) is 19.7 Å². The van der Waals surface area contributed by atoms with E-state index in [2.05, 4.69) is 25.1 Å². The van der Waals surface area contributed by atoms with Crippen molar-refractivity contribution in [3.8, 4) is 22.4 Å². The molecule has 1 aromatic carbocycles. The highest BCUT2D eigenvalue weighted by Gasteiger charge is 2.34. The highest BCUT2D eigenvalue weighted by molar-refractivity contribution is 5.83. The van der Waals surface area contributed by atoms with E-state index in [-0.39, 0.29) is 29.8 Å². The normalized spacial score (nSPS) is 11.3. The zero-order chi connectivity index (χ0) is 22.6. The molecule has 0 aliphatic rings. The average molecular weight is 435 g/mol. The molecule has 0 unspecified atom stereocenters. The van der Waals surface area contributed by atoms with Gasteiger partial charge in [-0.1, -0.05) is 12.1 Å². The molecule has 9 heteroatoms. The van der Waals surface area contributed by atoms with Crippen molar-refractivity contribution in [1.82, 2.24) is 25.1 Å². The Balaban J connectivity index is 1.50. The summed E-state index contributed by atoms with van der Waals surface area (Å²) in [6.07, 6.45) is 4.23. The van der Waals surface area contributed by atoms with Crippen LogP contribution >= 0.6 is 0 Å². The van der Waals surface area contributed by atoms with Crippen LogP contribution in [0.25, 0.3) is 22.4 Å². The Bertz CT molecular complexity index is 1210. The van der Waals surface area contributed by atoms with E-state index in [0.717, 1.165) is 11.6 Å². The van der Waals surface area contributed by atoms with E-state index in [1.165, 1.54) is 30.6 Å². The van der Waals surface area contributed by atoms with E-state index >= 15 is 0 Å². The molecule has 0 saturated carbocycles. The van der Waals surface area contributed by atoms with Gasteiger partial charge < -0.3 is 0 Å². The second kappa shape index (κ2) is 9.01. The van der Waals surface area contributed by atoms with Crippen molar-refractivity contribution in [2.75, 3.05) is 0 Å². The highest BCUT2D eigenvalue weighted by atomic mass is 19.4. The minimum absolute atomic E-state index is 0.00938. The Labute approximate surface area is 181 Å². The molecule has 0 amide bonds. The smallest absolute Gasteiger partial charge is 0.299 e. The van der Waals surface area contributed by atoms with Crippen LogP contribution in [-0.4, -0.2) is 30.9 Å². The molecule has 32 heavy (non-hydrogen) atoms. The maximum absolute atomic E-state index is 13.6. The zero-order valence-electron chi connectivity index (χ0n) is 16.6. The third kappa shape index (κ3) is 5.00. The van der Waals surface area contributed by atoms with Crippen LogP contribution < -0.4 is 0 Å². The summed E-state index contributed by atoms with van der Waals surface area (Å²) in [6.45, 7) is 0. The zero-order valence-corrected chi connectivity index (χ0v) is 16.6. The number of hydrogen-bond donors (Lipinski definition) is 0. The molecule has 160 valence electrons. The minimum Gasteiger partial charge on any atom is -0.299 e. The maximum atomic E-state index is 13.6. The number of carbonyl (C=O) groups is 1. The van der Waals surface area contributed by atoms with Gasteiger partial charge in [0, 0.05) is 48.3 Å². The molecule has 0 aliphatic carbocycles. The SMILES string of the molecule is O=C(Cc1ccc(-c2ccnnc2)c(C(F)(F)F)c1)Cc1ccc(-c2cnccn2)cn1. The molecule has 0 aliphatic heterocycles. The number of nitrogens with zero attached hydrogens (tertiary/aromatic N) is 5. The van der Waals surface area contributed by atoms with Gasteiger partial charge in [0.2, 0.25) is 0 Å². The number of alkyl halides is 3. The molecular formula is C23H16F3N5O. The van der Waals surface area contributed by atoms with Gasteiger partial charge in [0.1, 0.15) is 5.78 Å². The third-order valence-corrected chi connectivity index (χ3v) is 4.75. The molecule has 3 aromatic heterocycles. The lowest BCUT2D eigenvalue weighted by atomic mass is 9.96. The molecule has 0 spiro atoms. The average Bonchev–Trinajstić information content (AvgIpc) is 2.80. The van der Waals surface area contributed by atoms with E-state index in [9.17, 15) is 18.0 Å². The van der Waals surface area contributed by atoms with E-state index in [0.29, 0.717) is 17.0 Å². The van der Waals surface area contributed by atoms with Crippen molar-refractivity contribution in [3.05, 3.63) is 90.4 Å². The fourth-order valence-corrected chi connectivity index (χ4v) is 3.26. The van der Waals surface area contributed by atoms with E-state index in [1.54, 1.807) is 36.9 Å². The van der Waals surface area contributed by atoms with Gasteiger partial charge >= 0.3 is 6.18 Å². The van der Waals surface area contributed by atoms with Gasteiger partial charge in [-0.25, -0.2) is 0 Å². The number of carbonyl (C=O) groups excluding carboxylic acids is 1. The van der Waals surface area contributed by atoms with Crippen LogP contribution in [0.5, 0.6) is 0 Å². The van der Waals surface area contributed by atoms with Crippen LogP contribution in [0.15, 0.2) is 73.6 Å².